The molecule has 0 saturated heterocycles. The van der Waals surface area contributed by atoms with Gasteiger partial charge in [-0.25, -0.2) is 12.7 Å². The molecule has 0 aromatic heterocycles. The number of carbonyl (C=O) groups is 2. The third-order valence-corrected chi connectivity index (χ3v) is 7.97. The Morgan fingerprint density at radius 3 is 2.36 bits per heavy atom. The molecule has 2 aliphatic rings. The highest BCUT2D eigenvalue weighted by atomic mass is 79.9. The second-order valence-electron chi connectivity index (χ2n) is 7.40. The molecule has 0 bridgehead atoms. The van der Waals surface area contributed by atoms with E-state index in [4.69, 9.17) is 4.74 Å². The predicted molar refractivity (Wildman–Crippen MR) is 108 cm³/mol. The molecule has 3 rings (SSSR count). The Morgan fingerprint density at radius 1 is 1.18 bits per heavy atom. The van der Waals surface area contributed by atoms with Crippen LogP contribution in [0.25, 0.3) is 0 Å². The third kappa shape index (κ3) is 3.12. The van der Waals surface area contributed by atoms with Crippen molar-refractivity contribution in [3.05, 3.63) is 51.5 Å². The number of methoxy groups -OCH3 is 1. The molecular formula is C20H22BrNO5S. The normalized spacial score (nSPS) is 25.3. The van der Waals surface area contributed by atoms with Crippen LogP contribution in [-0.2, 0) is 24.3 Å². The summed E-state index contributed by atoms with van der Waals surface area (Å²) in [6, 6.07) is 5.41. The van der Waals surface area contributed by atoms with Crippen LogP contribution in [0.4, 0.5) is 0 Å². The van der Waals surface area contributed by atoms with E-state index in [1.54, 1.807) is 12.1 Å². The van der Waals surface area contributed by atoms with Gasteiger partial charge in [0.05, 0.1) is 22.5 Å². The third-order valence-electron chi connectivity index (χ3n) is 5.60. The summed E-state index contributed by atoms with van der Waals surface area (Å²) in [5, 5.41) is 0. The summed E-state index contributed by atoms with van der Waals surface area (Å²) in [7, 11) is -2.90. The first-order valence-corrected chi connectivity index (χ1v) is 11.1. The molecule has 8 heteroatoms. The zero-order valence-electron chi connectivity index (χ0n) is 16.2. The van der Waals surface area contributed by atoms with Crippen LogP contribution in [0.3, 0.4) is 0 Å². The van der Waals surface area contributed by atoms with E-state index in [9.17, 15) is 18.0 Å². The SMILES string of the molecule is COC(=O)[C@@]12C=C(Br)C(=O)N(S(=O)(=O)c3ccc(C)cc3)[C@@H]1CC(C)=C(C)C2. The molecular weight excluding hydrogens is 446 g/mol. The number of nitrogens with zero attached hydrogens (tertiary/aromatic N) is 1. The summed E-state index contributed by atoms with van der Waals surface area (Å²) >= 11 is 3.18. The largest absolute Gasteiger partial charge is 0.468 e. The van der Waals surface area contributed by atoms with E-state index in [-0.39, 0.29) is 15.8 Å². The summed E-state index contributed by atoms with van der Waals surface area (Å²) < 4.78 is 32.8. The first kappa shape index (κ1) is 20.8. The standard InChI is InChI=1S/C20H22BrNO5S/c1-12-5-7-15(8-6-12)28(25,26)22-17-9-13(2)14(3)10-20(17,19(24)27-4)11-16(21)18(22)23/h5-8,11,17H,9-10H2,1-4H3/t17-,20+/m1/s1. The Balaban J connectivity index is 2.24. The number of rotatable bonds is 3. The fourth-order valence-electron chi connectivity index (χ4n) is 3.89. The Hall–Kier alpha value is -1.93. The Kier molecular flexibility index (Phi) is 5.31. The molecule has 0 N–H and O–H groups in total. The van der Waals surface area contributed by atoms with E-state index >= 15 is 0 Å². The van der Waals surface area contributed by atoms with Gasteiger partial charge in [-0.3, -0.25) is 9.59 Å². The molecule has 1 amide bonds. The number of halogens is 1. The molecule has 1 aromatic carbocycles. The quantitative estimate of drug-likeness (QED) is 0.502. The molecule has 0 spiro atoms. The number of hydrogen-bond acceptors (Lipinski definition) is 5. The lowest BCUT2D eigenvalue weighted by Crippen LogP contribution is -2.59. The molecule has 0 radical (unpaired) electrons. The van der Waals surface area contributed by atoms with Gasteiger partial charge in [0.2, 0.25) is 0 Å². The van der Waals surface area contributed by atoms with Crippen molar-refractivity contribution in [2.45, 2.75) is 44.6 Å². The summed E-state index contributed by atoms with van der Waals surface area (Å²) in [6.07, 6.45) is 2.08. The zero-order valence-corrected chi connectivity index (χ0v) is 18.6. The molecule has 1 aliphatic heterocycles. The fraction of sp³-hybridized carbons (Fsp3) is 0.400. The molecule has 1 aliphatic carbocycles. The second-order valence-corrected chi connectivity index (χ2v) is 10.1. The van der Waals surface area contributed by atoms with Gasteiger partial charge in [-0.1, -0.05) is 28.8 Å². The Morgan fingerprint density at radius 2 is 1.79 bits per heavy atom. The van der Waals surface area contributed by atoms with Gasteiger partial charge < -0.3 is 4.74 Å². The molecule has 150 valence electrons. The van der Waals surface area contributed by atoms with Crippen molar-refractivity contribution in [2.75, 3.05) is 7.11 Å². The van der Waals surface area contributed by atoms with Crippen LogP contribution in [0.5, 0.6) is 0 Å². The lowest BCUT2D eigenvalue weighted by Gasteiger charge is -2.47. The van der Waals surface area contributed by atoms with E-state index < -0.39 is 33.4 Å². The van der Waals surface area contributed by atoms with Gasteiger partial charge in [0.1, 0.15) is 5.41 Å². The van der Waals surface area contributed by atoms with Crippen molar-refractivity contribution in [1.29, 1.82) is 0 Å². The first-order chi connectivity index (χ1) is 13.0. The van der Waals surface area contributed by atoms with Crippen LogP contribution in [0.15, 0.2) is 50.9 Å². The molecule has 0 saturated carbocycles. The number of ether oxygens (including phenoxy) is 1. The van der Waals surface area contributed by atoms with Crippen LogP contribution in [0, 0.1) is 12.3 Å². The van der Waals surface area contributed by atoms with Crippen LogP contribution in [0.1, 0.15) is 32.3 Å². The monoisotopic (exact) mass is 467 g/mol. The van der Waals surface area contributed by atoms with Crippen LogP contribution in [-0.4, -0.2) is 37.8 Å². The van der Waals surface area contributed by atoms with Gasteiger partial charge in [0.15, 0.2) is 0 Å². The number of benzene rings is 1. The fourth-order valence-corrected chi connectivity index (χ4v) is 6.22. The molecule has 28 heavy (non-hydrogen) atoms. The minimum absolute atomic E-state index is 0.0105. The lowest BCUT2D eigenvalue weighted by molar-refractivity contribution is -0.154. The van der Waals surface area contributed by atoms with Crippen LogP contribution in [0.2, 0.25) is 0 Å². The maximum atomic E-state index is 13.4. The van der Waals surface area contributed by atoms with Crippen molar-refractivity contribution >= 4 is 37.8 Å². The highest BCUT2D eigenvalue weighted by molar-refractivity contribution is 9.12. The van der Waals surface area contributed by atoms with Crippen LogP contribution < -0.4 is 0 Å². The molecule has 1 heterocycles. The first-order valence-electron chi connectivity index (χ1n) is 8.82. The number of amides is 1. The van der Waals surface area contributed by atoms with Gasteiger partial charge in [-0.05, 0) is 67.8 Å². The van der Waals surface area contributed by atoms with Gasteiger partial charge in [0.25, 0.3) is 15.9 Å². The molecule has 0 fully saturated rings. The van der Waals surface area contributed by atoms with Gasteiger partial charge in [0, 0.05) is 0 Å². The van der Waals surface area contributed by atoms with E-state index in [0.29, 0.717) is 6.42 Å². The van der Waals surface area contributed by atoms with Gasteiger partial charge >= 0.3 is 5.97 Å². The van der Waals surface area contributed by atoms with Crippen molar-refractivity contribution in [2.24, 2.45) is 5.41 Å². The Bertz CT molecular complexity index is 1010. The van der Waals surface area contributed by atoms with E-state index in [1.807, 2.05) is 20.8 Å². The minimum Gasteiger partial charge on any atom is -0.468 e. The predicted octanol–water partition coefficient (Wildman–Crippen LogP) is 3.46. The average Bonchev–Trinajstić information content (AvgIpc) is 2.64. The number of esters is 1. The number of fused-ring (bicyclic) bond motifs is 1. The van der Waals surface area contributed by atoms with E-state index in [2.05, 4.69) is 15.9 Å². The van der Waals surface area contributed by atoms with Crippen molar-refractivity contribution < 1.29 is 22.7 Å². The minimum atomic E-state index is -4.17. The van der Waals surface area contributed by atoms with Gasteiger partial charge in [-0.15, -0.1) is 0 Å². The number of sulfonamides is 1. The molecule has 2 atom stereocenters. The van der Waals surface area contributed by atoms with E-state index in [1.165, 1.54) is 25.3 Å². The smallest absolute Gasteiger partial charge is 0.318 e. The molecule has 1 aromatic rings. The highest BCUT2D eigenvalue weighted by Crippen LogP contribution is 2.49. The summed E-state index contributed by atoms with van der Waals surface area (Å²) in [5.74, 6) is -1.24. The molecule has 0 unspecified atom stereocenters. The van der Waals surface area contributed by atoms with Crippen LogP contribution >= 0.6 is 15.9 Å². The maximum absolute atomic E-state index is 13.4. The zero-order chi connectivity index (χ0) is 20.9. The topological polar surface area (TPSA) is 80.8 Å². The number of aryl methyl sites for hydroxylation is 1. The lowest BCUT2D eigenvalue weighted by atomic mass is 9.67. The maximum Gasteiger partial charge on any atom is 0.318 e. The number of allylic oxidation sites excluding steroid dienone is 1. The number of hydrogen-bond donors (Lipinski definition) is 0. The second kappa shape index (κ2) is 7.15. The summed E-state index contributed by atoms with van der Waals surface area (Å²) in [6.45, 7) is 5.65. The van der Waals surface area contributed by atoms with Crippen molar-refractivity contribution in [3.8, 4) is 0 Å². The summed E-state index contributed by atoms with van der Waals surface area (Å²) in [4.78, 5) is 25.8. The highest BCUT2D eigenvalue weighted by Gasteiger charge is 2.57. The summed E-state index contributed by atoms with van der Waals surface area (Å²) in [5.41, 5.74) is 1.59. The molecule has 6 nitrogen and oxygen atoms in total. The van der Waals surface area contributed by atoms with Crippen molar-refractivity contribution in [1.82, 2.24) is 4.31 Å². The van der Waals surface area contributed by atoms with E-state index in [0.717, 1.165) is 21.0 Å². The van der Waals surface area contributed by atoms with Crippen molar-refractivity contribution in [3.63, 3.8) is 0 Å². The Labute approximate surface area is 173 Å². The average molecular weight is 468 g/mol. The van der Waals surface area contributed by atoms with Gasteiger partial charge in [-0.2, -0.15) is 0 Å². The number of carbonyl (C=O) groups excluding carboxylic acids is 2.